The Kier molecular flexibility index (Phi) is 7.87. The van der Waals surface area contributed by atoms with E-state index >= 15 is 0 Å². The van der Waals surface area contributed by atoms with Crippen LogP contribution in [-0.2, 0) is 4.79 Å². The van der Waals surface area contributed by atoms with Gasteiger partial charge in [-0.05, 0) is 25.3 Å². The van der Waals surface area contributed by atoms with Crippen LogP contribution >= 0.6 is 0 Å². The van der Waals surface area contributed by atoms with Crippen molar-refractivity contribution < 1.29 is 4.79 Å². The quantitative estimate of drug-likeness (QED) is 0.562. The fourth-order valence-electron chi connectivity index (χ4n) is 1.99. The molecule has 1 rings (SSSR count). The van der Waals surface area contributed by atoms with E-state index in [1.54, 1.807) is 0 Å². The third kappa shape index (κ3) is 7.23. The molecule has 1 fully saturated rings. The number of piperazine rings is 1. The van der Waals surface area contributed by atoms with Gasteiger partial charge in [-0.1, -0.05) is 13.8 Å². The number of hydrazone groups is 2. The fraction of sp³-hybridized carbons (Fsp3) is 0.786. The van der Waals surface area contributed by atoms with Gasteiger partial charge in [0.15, 0.2) is 0 Å². The minimum absolute atomic E-state index is 0.128. The van der Waals surface area contributed by atoms with Crippen LogP contribution in [0.5, 0.6) is 0 Å². The van der Waals surface area contributed by atoms with E-state index in [4.69, 9.17) is 0 Å². The third-order valence-corrected chi connectivity index (χ3v) is 3.23. The summed E-state index contributed by atoms with van der Waals surface area (Å²) in [7, 11) is 0. The summed E-state index contributed by atoms with van der Waals surface area (Å²) in [6, 6.07) is 0. The number of carbonyl (C=O) groups is 1. The molecule has 20 heavy (non-hydrogen) atoms. The van der Waals surface area contributed by atoms with Gasteiger partial charge in [0.25, 0.3) is 0 Å². The first-order valence-corrected chi connectivity index (χ1v) is 7.41. The van der Waals surface area contributed by atoms with Crippen molar-refractivity contribution in [2.45, 2.75) is 33.6 Å². The van der Waals surface area contributed by atoms with Crippen LogP contribution in [0.4, 0.5) is 0 Å². The topological polar surface area (TPSA) is 60.3 Å². The first-order chi connectivity index (χ1) is 9.61. The maximum Gasteiger partial charge on any atom is 0.236 e. The molecule has 0 aromatic carbocycles. The average molecular weight is 281 g/mol. The van der Waals surface area contributed by atoms with Crippen LogP contribution in [0.2, 0.25) is 0 Å². The van der Waals surface area contributed by atoms with Gasteiger partial charge in [-0.15, -0.1) is 0 Å². The van der Waals surface area contributed by atoms with Gasteiger partial charge in [-0.3, -0.25) is 14.7 Å². The lowest BCUT2D eigenvalue weighted by Gasteiger charge is -2.33. The molecule has 0 radical (unpaired) electrons. The molecule has 6 nitrogen and oxygen atoms in total. The third-order valence-electron chi connectivity index (χ3n) is 3.23. The van der Waals surface area contributed by atoms with Crippen LogP contribution in [0.3, 0.4) is 0 Å². The zero-order chi connectivity index (χ0) is 14.8. The van der Waals surface area contributed by atoms with Gasteiger partial charge in [-0.25, -0.2) is 5.43 Å². The summed E-state index contributed by atoms with van der Waals surface area (Å²) in [5.41, 5.74) is 2.43. The molecule has 0 aromatic heterocycles. The number of carbonyl (C=O) groups excluding carboxylic acids is 1. The van der Waals surface area contributed by atoms with Gasteiger partial charge >= 0.3 is 0 Å². The molecule has 6 heteroatoms. The Bertz CT molecular complexity index is 334. The molecule has 1 amide bonds. The van der Waals surface area contributed by atoms with Crippen molar-refractivity contribution in [3.8, 4) is 0 Å². The highest BCUT2D eigenvalue weighted by Crippen LogP contribution is 2.06. The van der Waals surface area contributed by atoms with E-state index in [0.717, 1.165) is 45.6 Å². The zero-order valence-corrected chi connectivity index (χ0v) is 12.9. The molecule has 0 saturated carbocycles. The normalized spacial score (nSPS) is 18.9. The van der Waals surface area contributed by atoms with E-state index in [9.17, 15) is 4.79 Å². The molecule has 1 unspecified atom stereocenters. The van der Waals surface area contributed by atoms with Gasteiger partial charge in [0.1, 0.15) is 0 Å². The predicted molar refractivity (Wildman–Crippen MR) is 82.9 cm³/mol. The Hall–Kier alpha value is -1.43. The second-order valence-corrected chi connectivity index (χ2v) is 5.21. The standard InChI is InChI=1S/C14H27N5O/c1-4-6-16-19-10-8-18(9-11-19)7-5-13(2)12-15-17-14(3)20/h6,12-13H,4-5,7-11H2,1-3H3,(H,17,20)/b15-12+,16-6+. The monoisotopic (exact) mass is 281 g/mol. The summed E-state index contributed by atoms with van der Waals surface area (Å²) in [6.45, 7) is 10.9. The summed E-state index contributed by atoms with van der Waals surface area (Å²) in [4.78, 5) is 13.1. The van der Waals surface area contributed by atoms with Crippen molar-refractivity contribution in [1.82, 2.24) is 15.3 Å². The zero-order valence-electron chi connectivity index (χ0n) is 12.9. The molecule has 0 spiro atoms. The highest BCUT2D eigenvalue weighted by atomic mass is 16.2. The summed E-state index contributed by atoms with van der Waals surface area (Å²) in [5.74, 6) is 0.246. The molecule has 1 aliphatic rings. The molecule has 0 bridgehead atoms. The largest absolute Gasteiger partial charge is 0.300 e. The molecule has 0 aliphatic carbocycles. The van der Waals surface area contributed by atoms with E-state index in [-0.39, 0.29) is 5.91 Å². The smallest absolute Gasteiger partial charge is 0.236 e. The van der Waals surface area contributed by atoms with Crippen LogP contribution in [-0.4, -0.2) is 61.0 Å². The molecule has 1 atom stereocenters. The average Bonchev–Trinajstić information content (AvgIpc) is 2.43. The highest BCUT2D eigenvalue weighted by Gasteiger charge is 2.15. The van der Waals surface area contributed by atoms with Crippen LogP contribution in [0.15, 0.2) is 10.2 Å². The Labute approximate surface area is 121 Å². The van der Waals surface area contributed by atoms with Crippen LogP contribution < -0.4 is 5.43 Å². The number of amides is 1. The van der Waals surface area contributed by atoms with E-state index in [1.165, 1.54) is 6.92 Å². The minimum Gasteiger partial charge on any atom is -0.300 e. The lowest BCUT2D eigenvalue weighted by atomic mass is 10.1. The number of rotatable bonds is 7. The second-order valence-electron chi connectivity index (χ2n) is 5.21. The van der Waals surface area contributed by atoms with Crippen molar-refractivity contribution >= 4 is 18.3 Å². The SMILES string of the molecule is CC/C=N/N1CCN(CCC(C)/C=N/NC(C)=O)CC1. The van der Waals surface area contributed by atoms with Crippen molar-refractivity contribution in [1.29, 1.82) is 0 Å². The van der Waals surface area contributed by atoms with Crippen molar-refractivity contribution in [2.24, 2.45) is 16.1 Å². The number of nitrogens with one attached hydrogen (secondary N) is 1. The lowest BCUT2D eigenvalue weighted by Crippen LogP contribution is -2.44. The maximum absolute atomic E-state index is 10.7. The molecule has 1 N–H and O–H groups in total. The summed E-state index contributed by atoms with van der Waals surface area (Å²) < 4.78 is 0. The Morgan fingerprint density at radius 3 is 2.65 bits per heavy atom. The van der Waals surface area contributed by atoms with Gasteiger partial charge in [0, 0.05) is 45.5 Å². The van der Waals surface area contributed by atoms with E-state index < -0.39 is 0 Å². The molecule has 1 saturated heterocycles. The molecule has 114 valence electrons. The van der Waals surface area contributed by atoms with E-state index in [0.29, 0.717) is 5.92 Å². The van der Waals surface area contributed by atoms with E-state index in [2.05, 4.69) is 39.4 Å². The van der Waals surface area contributed by atoms with Crippen molar-refractivity contribution in [3.63, 3.8) is 0 Å². The first-order valence-electron chi connectivity index (χ1n) is 7.41. The molecule has 1 heterocycles. The fourth-order valence-corrected chi connectivity index (χ4v) is 1.99. The van der Waals surface area contributed by atoms with Gasteiger partial charge in [0.2, 0.25) is 5.91 Å². The minimum atomic E-state index is -0.128. The Morgan fingerprint density at radius 2 is 2.05 bits per heavy atom. The Balaban J connectivity index is 2.16. The molecule has 0 aromatic rings. The van der Waals surface area contributed by atoms with Gasteiger partial charge < -0.3 is 0 Å². The van der Waals surface area contributed by atoms with Crippen molar-refractivity contribution in [2.75, 3.05) is 32.7 Å². The van der Waals surface area contributed by atoms with E-state index in [1.807, 2.05) is 12.4 Å². The van der Waals surface area contributed by atoms with Gasteiger partial charge in [-0.2, -0.15) is 10.2 Å². The molecular weight excluding hydrogens is 254 g/mol. The Morgan fingerprint density at radius 1 is 1.35 bits per heavy atom. The number of hydrogen-bond donors (Lipinski definition) is 1. The molecule has 1 aliphatic heterocycles. The predicted octanol–water partition coefficient (Wildman–Crippen LogP) is 1.15. The summed E-state index contributed by atoms with van der Waals surface area (Å²) >= 11 is 0. The van der Waals surface area contributed by atoms with Crippen molar-refractivity contribution in [3.05, 3.63) is 0 Å². The van der Waals surface area contributed by atoms with Gasteiger partial charge in [0.05, 0.1) is 0 Å². The molecular formula is C14H27N5O. The number of hydrogen-bond acceptors (Lipinski definition) is 5. The number of nitrogens with zero attached hydrogens (tertiary/aromatic N) is 4. The first kappa shape index (κ1) is 16.6. The maximum atomic E-state index is 10.7. The van der Waals surface area contributed by atoms with Crippen LogP contribution in [0.1, 0.15) is 33.6 Å². The van der Waals surface area contributed by atoms with Crippen LogP contribution in [0, 0.1) is 5.92 Å². The van der Waals surface area contributed by atoms with Crippen LogP contribution in [0.25, 0.3) is 0 Å². The summed E-state index contributed by atoms with van der Waals surface area (Å²) in [5, 5.41) is 10.5. The lowest BCUT2D eigenvalue weighted by molar-refractivity contribution is -0.118. The second kappa shape index (κ2) is 9.47. The highest BCUT2D eigenvalue weighted by molar-refractivity contribution is 5.74. The summed E-state index contributed by atoms with van der Waals surface area (Å²) in [6.07, 6.45) is 5.83.